The number of benzene rings is 2. The quantitative estimate of drug-likeness (QED) is 0.856. The van der Waals surface area contributed by atoms with Gasteiger partial charge in [-0.25, -0.2) is 8.42 Å². The fourth-order valence-corrected chi connectivity index (χ4v) is 4.65. The molecule has 8 heteroatoms. The van der Waals surface area contributed by atoms with E-state index in [9.17, 15) is 18.3 Å². The summed E-state index contributed by atoms with van der Waals surface area (Å²) in [5.41, 5.74) is 1.65. The number of rotatable bonds is 5. The maximum absolute atomic E-state index is 13.1. The van der Waals surface area contributed by atoms with Crippen molar-refractivity contribution in [3.05, 3.63) is 53.6 Å². The van der Waals surface area contributed by atoms with Gasteiger partial charge in [0.2, 0.25) is 10.0 Å². The highest BCUT2D eigenvalue weighted by Gasteiger charge is 2.39. The van der Waals surface area contributed by atoms with Gasteiger partial charge in [0.05, 0.1) is 19.1 Å². The largest absolute Gasteiger partial charge is 0.493 e. The predicted molar refractivity (Wildman–Crippen MR) is 93.8 cm³/mol. The highest BCUT2D eigenvalue weighted by Crippen LogP contribution is 2.33. The number of carboxylic acid groups (broad SMARTS) is 1. The van der Waals surface area contributed by atoms with Crippen LogP contribution in [0.3, 0.4) is 0 Å². The molecule has 0 fully saturated rings. The third-order valence-electron chi connectivity index (χ3n) is 4.45. The van der Waals surface area contributed by atoms with Crippen LogP contribution in [-0.4, -0.2) is 44.1 Å². The average Bonchev–Trinajstić information content (AvgIpc) is 2.66. The third kappa shape index (κ3) is 3.13. The molecule has 0 aromatic heterocycles. The standard InChI is InChI=1S/C18H19NO6S/c1-24-16-8-7-14(10-17(16)25-2)26(22,23)19-11-13-6-4-3-5-12(13)9-15(19)18(20)21/h3-8,10,15H,9,11H2,1-2H3,(H,20,21)/t15-/m1/s1. The number of carboxylic acids is 1. The summed E-state index contributed by atoms with van der Waals surface area (Å²) in [4.78, 5) is 11.7. The lowest BCUT2D eigenvalue weighted by Crippen LogP contribution is -2.48. The molecule has 1 aliphatic rings. The minimum absolute atomic E-state index is 0.00379. The minimum atomic E-state index is -4.04. The summed E-state index contributed by atoms with van der Waals surface area (Å²) in [7, 11) is -1.18. The van der Waals surface area contributed by atoms with Crippen LogP contribution in [0, 0.1) is 0 Å². The van der Waals surface area contributed by atoms with Gasteiger partial charge in [-0.2, -0.15) is 4.31 Å². The van der Waals surface area contributed by atoms with Crippen molar-refractivity contribution in [2.75, 3.05) is 14.2 Å². The van der Waals surface area contributed by atoms with Crippen LogP contribution in [0.2, 0.25) is 0 Å². The number of nitrogens with zero attached hydrogens (tertiary/aromatic N) is 1. The van der Waals surface area contributed by atoms with E-state index in [4.69, 9.17) is 9.47 Å². The molecular weight excluding hydrogens is 358 g/mol. The Bertz CT molecular complexity index is 940. The van der Waals surface area contributed by atoms with Gasteiger partial charge in [-0.05, 0) is 23.3 Å². The van der Waals surface area contributed by atoms with Crippen LogP contribution in [0.15, 0.2) is 47.4 Å². The maximum Gasteiger partial charge on any atom is 0.322 e. The van der Waals surface area contributed by atoms with Crippen molar-refractivity contribution in [2.24, 2.45) is 0 Å². The van der Waals surface area contributed by atoms with Crippen LogP contribution in [0.5, 0.6) is 11.5 Å². The van der Waals surface area contributed by atoms with Gasteiger partial charge in [-0.1, -0.05) is 24.3 Å². The van der Waals surface area contributed by atoms with Crippen LogP contribution in [0.1, 0.15) is 11.1 Å². The Hall–Kier alpha value is -2.58. The van der Waals surface area contributed by atoms with Crippen LogP contribution in [-0.2, 0) is 27.8 Å². The number of fused-ring (bicyclic) bond motifs is 1. The van der Waals surface area contributed by atoms with Gasteiger partial charge in [-0.15, -0.1) is 0 Å². The fraction of sp³-hybridized carbons (Fsp3) is 0.278. The molecule has 3 rings (SSSR count). The molecule has 0 spiro atoms. The van der Waals surface area contributed by atoms with Crippen molar-refractivity contribution < 1.29 is 27.8 Å². The zero-order valence-electron chi connectivity index (χ0n) is 14.4. The monoisotopic (exact) mass is 377 g/mol. The molecule has 138 valence electrons. The molecule has 1 atom stereocenters. The van der Waals surface area contributed by atoms with Gasteiger partial charge < -0.3 is 14.6 Å². The molecule has 2 aromatic carbocycles. The fourth-order valence-electron chi connectivity index (χ4n) is 3.07. The third-order valence-corrected chi connectivity index (χ3v) is 6.30. The lowest BCUT2D eigenvalue weighted by Gasteiger charge is -2.33. The van der Waals surface area contributed by atoms with Gasteiger partial charge >= 0.3 is 5.97 Å². The number of sulfonamides is 1. The Balaban J connectivity index is 2.06. The Labute approximate surface area is 151 Å². The SMILES string of the molecule is COc1ccc(S(=O)(=O)N2Cc3ccccc3C[C@@H]2C(=O)O)cc1OC. The van der Waals surface area contributed by atoms with E-state index in [-0.39, 0.29) is 23.6 Å². The summed E-state index contributed by atoms with van der Waals surface area (Å²) in [6.07, 6.45) is 0.123. The number of carbonyl (C=O) groups is 1. The first-order valence-corrected chi connectivity index (χ1v) is 9.36. The van der Waals surface area contributed by atoms with Crippen molar-refractivity contribution in [1.29, 1.82) is 0 Å². The molecule has 2 aromatic rings. The summed E-state index contributed by atoms with van der Waals surface area (Å²) >= 11 is 0. The molecule has 1 N–H and O–H groups in total. The number of aliphatic carboxylic acids is 1. The van der Waals surface area contributed by atoms with Crippen LogP contribution in [0.4, 0.5) is 0 Å². The number of hydrogen-bond acceptors (Lipinski definition) is 5. The van der Waals surface area contributed by atoms with Crippen molar-refractivity contribution in [1.82, 2.24) is 4.31 Å². The molecule has 0 unspecified atom stereocenters. The molecular formula is C18H19NO6S. The van der Waals surface area contributed by atoms with Crippen molar-refractivity contribution in [3.8, 4) is 11.5 Å². The highest BCUT2D eigenvalue weighted by atomic mass is 32.2. The van der Waals surface area contributed by atoms with Crippen molar-refractivity contribution in [3.63, 3.8) is 0 Å². The second-order valence-electron chi connectivity index (χ2n) is 5.89. The Morgan fingerprint density at radius 1 is 1.08 bits per heavy atom. The van der Waals surface area contributed by atoms with E-state index >= 15 is 0 Å². The van der Waals surface area contributed by atoms with Gasteiger partial charge in [-0.3, -0.25) is 4.79 Å². The van der Waals surface area contributed by atoms with E-state index in [0.29, 0.717) is 5.75 Å². The number of hydrogen-bond donors (Lipinski definition) is 1. The molecule has 0 radical (unpaired) electrons. The summed E-state index contributed by atoms with van der Waals surface area (Å²) < 4.78 is 37.6. The summed E-state index contributed by atoms with van der Waals surface area (Å²) in [6, 6.07) is 10.3. The Morgan fingerprint density at radius 3 is 2.35 bits per heavy atom. The molecule has 0 aliphatic carbocycles. The number of ether oxygens (including phenoxy) is 2. The van der Waals surface area contributed by atoms with Crippen LogP contribution >= 0.6 is 0 Å². The first-order chi connectivity index (χ1) is 12.4. The van der Waals surface area contributed by atoms with E-state index < -0.39 is 22.0 Å². The molecule has 0 saturated heterocycles. The van der Waals surface area contributed by atoms with Gasteiger partial charge in [0.25, 0.3) is 0 Å². The van der Waals surface area contributed by atoms with Gasteiger partial charge in [0.15, 0.2) is 11.5 Å². The topological polar surface area (TPSA) is 93.1 Å². The molecule has 0 saturated carbocycles. The van der Waals surface area contributed by atoms with E-state index in [2.05, 4.69) is 0 Å². The molecule has 7 nitrogen and oxygen atoms in total. The van der Waals surface area contributed by atoms with Gasteiger partial charge in [0.1, 0.15) is 6.04 Å². The summed E-state index contributed by atoms with van der Waals surface area (Å²) in [5.74, 6) is -0.522. The van der Waals surface area contributed by atoms with E-state index in [1.807, 2.05) is 18.2 Å². The Morgan fingerprint density at radius 2 is 1.73 bits per heavy atom. The lowest BCUT2D eigenvalue weighted by atomic mass is 9.96. The molecule has 1 aliphatic heterocycles. The minimum Gasteiger partial charge on any atom is -0.493 e. The maximum atomic E-state index is 13.1. The first kappa shape index (κ1) is 18.2. The van der Waals surface area contributed by atoms with Crippen LogP contribution < -0.4 is 9.47 Å². The zero-order chi connectivity index (χ0) is 18.9. The second kappa shape index (κ2) is 6.97. The van der Waals surface area contributed by atoms with Gasteiger partial charge in [0, 0.05) is 19.0 Å². The molecule has 1 heterocycles. The summed E-state index contributed by atoms with van der Waals surface area (Å²) in [5, 5.41) is 9.58. The smallest absolute Gasteiger partial charge is 0.322 e. The normalized spacial score (nSPS) is 17.4. The van der Waals surface area contributed by atoms with E-state index in [0.717, 1.165) is 15.4 Å². The Kier molecular flexibility index (Phi) is 4.88. The highest BCUT2D eigenvalue weighted by molar-refractivity contribution is 7.89. The zero-order valence-corrected chi connectivity index (χ0v) is 15.2. The average molecular weight is 377 g/mol. The van der Waals surface area contributed by atoms with Crippen LogP contribution in [0.25, 0.3) is 0 Å². The molecule has 26 heavy (non-hydrogen) atoms. The van der Waals surface area contributed by atoms with Crippen molar-refractivity contribution >= 4 is 16.0 Å². The molecule has 0 bridgehead atoms. The van der Waals surface area contributed by atoms with Crippen molar-refractivity contribution in [2.45, 2.75) is 23.9 Å². The number of methoxy groups -OCH3 is 2. The predicted octanol–water partition coefficient (Wildman–Crippen LogP) is 1.90. The molecule has 0 amide bonds. The first-order valence-electron chi connectivity index (χ1n) is 7.92. The van der Waals surface area contributed by atoms with E-state index in [1.165, 1.54) is 32.4 Å². The summed E-state index contributed by atoms with van der Waals surface area (Å²) in [6.45, 7) is 0.00379. The second-order valence-corrected chi connectivity index (χ2v) is 7.78. The van der Waals surface area contributed by atoms with E-state index in [1.54, 1.807) is 6.07 Å². The lowest BCUT2D eigenvalue weighted by molar-refractivity contribution is -0.141.